The van der Waals surface area contributed by atoms with Gasteiger partial charge in [0.2, 0.25) is 0 Å². The van der Waals surface area contributed by atoms with Gasteiger partial charge < -0.3 is 9.80 Å². The van der Waals surface area contributed by atoms with Gasteiger partial charge in [-0.3, -0.25) is 9.97 Å². The van der Waals surface area contributed by atoms with Crippen molar-refractivity contribution in [3.05, 3.63) is 48.0 Å². The monoisotopic (exact) mass is 436 g/mol. The van der Waals surface area contributed by atoms with E-state index in [0.29, 0.717) is 0 Å². The second-order valence-corrected chi connectivity index (χ2v) is 10.5. The van der Waals surface area contributed by atoms with E-state index >= 15 is 0 Å². The lowest BCUT2D eigenvalue weighted by atomic mass is 9.86. The zero-order valence-electron chi connectivity index (χ0n) is 21.2. The van der Waals surface area contributed by atoms with Crippen LogP contribution in [0.5, 0.6) is 0 Å². The molecule has 0 bridgehead atoms. The lowest BCUT2D eigenvalue weighted by Gasteiger charge is -2.36. The first-order valence-corrected chi connectivity index (χ1v) is 12.7. The van der Waals surface area contributed by atoms with Crippen LogP contribution in [0, 0.1) is 37.5 Å². The Labute approximate surface area is 196 Å². The Balaban J connectivity index is 0.000000181. The second kappa shape index (κ2) is 11.7. The highest BCUT2D eigenvalue weighted by molar-refractivity contribution is 5.47. The molecular weight excluding hydrogens is 392 g/mol. The summed E-state index contributed by atoms with van der Waals surface area (Å²) in [5.41, 5.74) is 4.84. The molecule has 2 aliphatic heterocycles. The molecule has 4 nitrogen and oxygen atoms in total. The highest BCUT2D eigenvalue weighted by atomic mass is 15.1. The summed E-state index contributed by atoms with van der Waals surface area (Å²) in [4.78, 5) is 13.6. The molecule has 4 rings (SSSR count). The van der Waals surface area contributed by atoms with E-state index in [2.05, 4.69) is 78.7 Å². The maximum absolute atomic E-state index is 4.38. The molecule has 0 N–H and O–H groups in total. The van der Waals surface area contributed by atoms with Crippen LogP contribution < -0.4 is 9.80 Å². The third-order valence-corrected chi connectivity index (χ3v) is 7.39. The van der Waals surface area contributed by atoms with E-state index in [-0.39, 0.29) is 0 Å². The Kier molecular flexibility index (Phi) is 8.95. The van der Waals surface area contributed by atoms with E-state index in [9.17, 15) is 0 Å². The lowest BCUT2D eigenvalue weighted by molar-refractivity contribution is 0.311. The van der Waals surface area contributed by atoms with E-state index in [4.69, 9.17) is 0 Å². The van der Waals surface area contributed by atoms with Crippen LogP contribution in [0.25, 0.3) is 0 Å². The molecule has 0 saturated carbocycles. The maximum atomic E-state index is 4.38. The molecular formula is C28H44N4. The molecule has 4 heteroatoms. The van der Waals surface area contributed by atoms with Gasteiger partial charge in [-0.05, 0) is 87.5 Å². The molecule has 2 aromatic rings. The van der Waals surface area contributed by atoms with Gasteiger partial charge in [-0.25, -0.2) is 0 Å². The molecule has 0 spiro atoms. The molecule has 1 atom stereocenters. The Hall–Kier alpha value is -2.10. The molecule has 4 heterocycles. The van der Waals surface area contributed by atoms with Gasteiger partial charge in [0.05, 0.1) is 11.9 Å². The number of hydrogen-bond acceptors (Lipinski definition) is 4. The summed E-state index contributed by atoms with van der Waals surface area (Å²) in [5, 5.41) is 0. The zero-order valence-corrected chi connectivity index (χ0v) is 21.2. The molecule has 32 heavy (non-hydrogen) atoms. The number of aromatic nitrogens is 2. The maximum Gasteiger partial charge on any atom is 0.0553 e. The van der Waals surface area contributed by atoms with Gasteiger partial charge in [-0.2, -0.15) is 0 Å². The average Bonchev–Trinajstić information content (AvgIpc) is 2.80. The smallest absolute Gasteiger partial charge is 0.0553 e. The third kappa shape index (κ3) is 6.95. The molecule has 2 saturated heterocycles. The largest absolute Gasteiger partial charge is 0.371 e. The van der Waals surface area contributed by atoms with E-state index in [1.54, 1.807) is 0 Å². The van der Waals surface area contributed by atoms with E-state index < -0.39 is 0 Å². The predicted molar refractivity (Wildman–Crippen MR) is 137 cm³/mol. The first-order valence-electron chi connectivity index (χ1n) is 12.7. The molecule has 0 aliphatic carbocycles. The predicted octanol–water partition coefficient (Wildman–Crippen LogP) is 6.52. The quantitative estimate of drug-likeness (QED) is 0.546. The number of piperidine rings is 2. The van der Waals surface area contributed by atoms with Crippen LogP contribution in [0.15, 0.2) is 36.7 Å². The van der Waals surface area contributed by atoms with Gasteiger partial charge in [0, 0.05) is 49.5 Å². The van der Waals surface area contributed by atoms with Crippen LogP contribution in [0.4, 0.5) is 11.4 Å². The Morgan fingerprint density at radius 2 is 1.47 bits per heavy atom. The molecule has 0 amide bonds. The number of nitrogens with zero attached hydrogens (tertiary/aromatic N) is 4. The number of hydrogen-bond donors (Lipinski definition) is 0. The van der Waals surface area contributed by atoms with Crippen molar-refractivity contribution in [3.8, 4) is 0 Å². The first-order chi connectivity index (χ1) is 15.3. The highest BCUT2D eigenvalue weighted by Gasteiger charge is 2.23. The van der Waals surface area contributed by atoms with Gasteiger partial charge in [0.15, 0.2) is 0 Å². The number of rotatable bonds is 4. The summed E-state index contributed by atoms with van der Waals surface area (Å²) >= 11 is 0. The summed E-state index contributed by atoms with van der Waals surface area (Å²) in [6.07, 6.45) is 9.29. The minimum absolute atomic E-state index is 0.793. The lowest BCUT2D eigenvalue weighted by Crippen LogP contribution is -2.37. The van der Waals surface area contributed by atoms with Crippen LogP contribution in [0.1, 0.15) is 64.8 Å². The van der Waals surface area contributed by atoms with Crippen LogP contribution in [-0.2, 0) is 0 Å². The molecule has 2 aromatic heterocycles. The van der Waals surface area contributed by atoms with Crippen molar-refractivity contribution in [1.82, 2.24) is 9.97 Å². The summed E-state index contributed by atoms with van der Waals surface area (Å²) in [6.45, 7) is 18.2. The van der Waals surface area contributed by atoms with Crippen LogP contribution in [-0.4, -0.2) is 36.1 Å². The number of anilines is 2. The van der Waals surface area contributed by atoms with Gasteiger partial charge >= 0.3 is 0 Å². The van der Waals surface area contributed by atoms with Crippen LogP contribution in [0.2, 0.25) is 0 Å². The summed E-state index contributed by atoms with van der Waals surface area (Å²) < 4.78 is 0. The van der Waals surface area contributed by atoms with Crippen LogP contribution in [0.3, 0.4) is 0 Å². The highest BCUT2D eigenvalue weighted by Crippen LogP contribution is 2.28. The Morgan fingerprint density at radius 1 is 0.750 bits per heavy atom. The Morgan fingerprint density at radius 3 is 2.06 bits per heavy atom. The van der Waals surface area contributed by atoms with E-state index in [0.717, 1.165) is 35.1 Å². The zero-order chi connectivity index (χ0) is 23.1. The summed E-state index contributed by atoms with van der Waals surface area (Å²) in [6, 6.07) is 8.62. The van der Waals surface area contributed by atoms with Crippen molar-refractivity contribution in [2.75, 3.05) is 36.0 Å². The van der Waals surface area contributed by atoms with Crippen molar-refractivity contribution in [2.45, 2.75) is 67.2 Å². The first kappa shape index (κ1) is 24.5. The van der Waals surface area contributed by atoms with Crippen molar-refractivity contribution < 1.29 is 0 Å². The molecule has 0 aromatic carbocycles. The fourth-order valence-corrected chi connectivity index (χ4v) is 4.99. The minimum Gasteiger partial charge on any atom is -0.371 e. The fraction of sp³-hybridized carbons (Fsp3) is 0.643. The fourth-order valence-electron chi connectivity index (χ4n) is 4.99. The second-order valence-electron chi connectivity index (χ2n) is 10.5. The van der Waals surface area contributed by atoms with Gasteiger partial charge in [-0.1, -0.05) is 27.7 Å². The number of aryl methyl sites for hydroxylation is 2. The van der Waals surface area contributed by atoms with E-state index in [1.165, 1.54) is 63.2 Å². The van der Waals surface area contributed by atoms with Gasteiger partial charge in [0.1, 0.15) is 0 Å². The van der Waals surface area contributed by atoms with Crippen molar-refractivity contribution in [1.29, 1.82) is 0 Å². The van der Waals surface area contributed by atoms with Crippen molar-refractivity contribution in [2.24, 2.45) is 23.7 Å². The van der Waals surface area contributed by atoms with Crippen molar-refractivity contribution >= 4 is 11.4 Å². The van der Waals surface area contributed by atoms with Crippen LogP contribution >= 0.6 is 0 Å². The molecule has 2 aliphatic rings. The Bertz CT molecular complexity index is 806. The van der Waals surface area contributed by atoms with Crippen molar-refractivity contribution in [3.63, 3.8) is 0 Å². The van der Waals surface area contributed by atoms with E-state index in [1.807, 2.05) is 19.3 Å². The molecule has 0 radical (unpaired) electrons. The standard InChI is InChI=1S/2C14H22N2/c1-11(2)13-5-8-16(9-6-13)14-4-7-15-12(3)10-14;1-11(2)13-5-4-8-16(10-13)14-7-6-12(3)15-9-14/h4,7,10-11,13H,5-6,8-9H2,1-3H3;6-7,9,11,13H,4-5,8,10H2,1-3H3. The number of pyridine rings is 2. The summed E-state index contributed by atoms with van der Waals surface area (Å²) in [7, 11) is 0. The minimum atomic E-state index is 0.793. The topological polar surface area (TPSA) is 32.3 Å². The molecule has 176 valence electrons. The third-order valence-electron chi connectivity index (χ3n) is 7.39. The van der Waals surface area contributed by atoms with Gasteiger partial charge in [0.25, 0.3) is 0 Å². The summed E-state index contributed by atoms with van der Waals surface area (Å²) in [5.74, 6) is 3.39. The average molecular weight is 437 g/mol. The van der Waals surface area contributed by atoms with Gasteiger partial charge in [-0.15, -0.1) is 0 Å². The normalized spacial score (nSPS) is 19.8. The molecule has 2 fully saturated rings. The molecule has 1 unspecified atom stereocenters. The SMILES string of the molecule is Cc1cc(N2CCC(C(C)C)CC2)ccn1.Cc1ccc(N2CCCC(C(C)C)C2)cn1.